The second-order valence-corrected chi connectivity index (χ2v) is 2.26. The minimum absolute atomic E-state index is 0.699. The minimum atomic E-state index is 0.699. The molecule has 0 saturated heterocycles. The van der Waals surface area contributed by atoms with Crippen molar-refractivity contribution >= 4 is 0 Å². The van der Waals surface area contributed by atoms with Gasteiger partial charge in [-0.25, -0.2) is 0 Å². The Morgan fingerprint density at radius 3 is 2.17 bits per heavy atom. The highest BCUT2D eigenvalue weighted by atomic mass is 16.5. The van der Waals surface area contributed by atoms with Crippen molar-refractivity contribution in [1.82, 2.24) is 0 Å². The van der Waals surface area contributed by atoms with E-state index >= 15 is 0 Å². The Morgan fingerprint density at radius 2 is 1.75 bits per heavy atom. The van der Waals surface area contributed by atoms with Crippen LogP contribution < -0.4 is 0 Å². The topological polar surface area (TPSA) is 9.23 Å². The zero-order valence-electron chi connectivity index (χ0n) is 8.10. The highest BCUT2D eigenvalue weighted by molar-refractivity contribution is 5.32. The maximum Gasteiger partial charge on any atom is 0.0719 e. The number of rotatable bonds is 2. The average Bonchev–Trinajstić information content (AvgIpc) is 2.20. The second kappa shape index (κ2) is 6.86. The predicted octanol–water partition coefficient (Wildman–Crippen LogP) is 3.10. The van der Waals surface area contributed by atoms with Gasteiger partial charge in [-0.3, -0.25) is 0 Å². The quantitative estimate of drug-likeness (QED) is 0.612. The molecule has 1 heteroatoms. The number of ether oxygens (including phenoxy) is 1. The molecule has 0 radical (unpaired) electrons. The Labute approximate surface area is 75.4 Å². The smallest absolute Gasteiger partial charge is 0.0719 e. The molecule has 0 bridgehead atoms. The average molecular weight is 166 g/mol. The van der Waals surface area contributed by atoms with Crippen LogP contribution in [0.2, 0.25) is 0 Å². The molecule has 1 aliphatic heterocycles. The van der Waals surface area contributed by atoms with Gasteiger partial charge < -0.3 is 4.74 Å². The minimum Gasteiger partial charge on any atom is -0.376 e. The van der Waals surface area contributed by atoms with E-state index in [9.17, 15) is 0 Å². The summed E-state index contributed by atoms with van der Waals surface area (Å²) in [6.07, 6.45) is 4.71. The molecule has 68 valence electrons. The van der Waals surface area contributed by atoms with E-state index in [0.717, 1.165) is 13.0 Å². The normalized spacial score (nSPS) is 16.2. The van der Waals surface area contributed by atoms with Crippen LogP contribution in [0.4, 0.5) is 0 Å². The van der Waals surface area contributed by atoms with Gasteiger partial charge in [0.1, 0.15) is 0 Å². The van der Waals surface area contributed by atoms with Crippen LogP contribution in [-0.2, 0) is 4.74 Å². The van der Waals surface area contributed by atoms with E-state index in [4.69, 9.17) is 4.74 Å². The largest absolute Gasteiger partial charge is 0.376 e. The third-order valence-corrected chi connectivity index (χ3v) is 1.68. The first-order valence-electron chi connectivity index (χ1n) is 4.43. The number of hydrogen-bond acceptors (Lipinski definition) is 1. The zero-order valence-corrected chi connectivity index (χ0v) is 8.10. The fourth-order valence-corrected chi connectivity index (χ4v) is 1.04. The summed E-state index contributed by atoms with van der Waals surface area (Å²) in [5.41, 5.74) is 2.46. The molecule has 0 aliphatic carbocycles. The number of allylic oxidation sites excluding steroid dienone is 1. The maximum absolute atomic E-state index is 5.23. The van der Waals surface area contributed by atoms with Crippen molar-refractivity contribution in [2.75, 3.05) is 13.2 Å². The summed E-state index contributed by atoms with van der Waals surface area (Å²) in [6, 6.07) is 0. The second-order valence-electron chi connectivity index (χ2n) is 2.26. The molecule has 0 N–H and O–H groups in total. The van der Waals surface area contributed by atoms with Crippen molar-refractivity contribution in [3.8, 4) is 0 Å². The summed E-state index contributed by atoms with van der Waals surface area (Å²) >= 11 is 0. The highest BCUT2D eigenvalue weighted by Crippen LogP contribution is 2.16. The summed E-state index contributed by atoms with van der Waals surface area (Å²) < 4.78 is 5.23. The van der Waals surface area contributed by atoms with Gasteiger partial charge in [0.15, 0.2) is 0 Å². The van der Waals surface area contributed by atoms with Crippen molar-refractivity contribution in [2.24, 2.45) is 0 Å². The van der Waals surface area contributed by atoms with E-state index in [0.29, 0.717) is 6.61 Å². The Kier molecular flexibility index (Phi) is 6.39. The Hall–Kier alpha value is -0.820. The van der Waals surface area contributed by atoms with Crippen molar-refractivity contribution in [3.63, 3.8) is 0 Å². The van der Waals surface area contributed by atoms with Crippen LogP contribution in [0.5, 0.6) is 0 Å². The monoisotopic (exact) mass is 166 g/mol. The SMILES string of the molecule is C=CC1=C(C=C)COCC1.CC. The van der Waals surface area contributed by atoms with E-state index in [1.165, 1.54) is 11.1 Å². The third kappa shape index (κ3) is 3.05. The summed E-state index contributed by atoms with van der Waals surface area (Å²) in [5, 5.41) is 0. The Balaban J connectivity index is 0.000000561. The van der Waals surface area contributed by atoms with Crippen LogP contribution in [0.3, 0.4) is 0 Å². The van der Waals surface area contributed by atoms with Crippen LogP contribution >= 0.6 is 0 Å². The van der Waals surface area contributed by atoms with Crippen LogP contribution in [-0.4, -0.2) is 13.2 Å². The van der Waals surface area contributed by atoms with Crippen LogP contribution in [0.15, 0.2) is 36.5 Å². The van der Waals surface area contributed by atoms with Gasteiger partial charge in [-0.2, -0.15) is 0 Å². The fourth-order valence-electron chi connectivity index (χ4n) is 1.04. The fraction of sp³-hybridized carbons (Fsp3) is 0.455. The molecule has 1 rings (SSSR count). The van der Waals surface area contributed by atoms with E-state index in [-0.39, 0.29) is 0 Å². The molecule has 12 heavy (non-hydrogen) atoms. The molecule has 1 heterocycles. The van der Waals surface area contributed by atoms with Gasteiger partial charge in [-0.15, -0.1) is 0 Å². The lowest BCUT2D eigenvalue weighted by atomic mass is 10.0. The van der Waals surface area contributed by atoms with Gasteiger partial charge in [0.25, 0.3) is 0 Å². The van der Waals surface area contributed by atoms with Crippen molar-refractivity contribution in [1.29, 1.82) is 0 Å². The van der Waals surface area contributed by atoms with Crippen LogP contribution in [0, 0.1) is 0 Å². The molecule has 0 unspecified atom stereocenters. The van der Waals surface area contributed by atoms with E-state index < -0.39 is 0 Å². The summed E-state index contributed by atoms with van der Waals surface area (Å²) in [4.78, 5) is 0. The molecule has 0 saturated carbocycles. The molecule has 1 nitrogen and oxygen atoms in total. The molecule has 1 aliphatic rings. The first-order valence-corrected chi connectivity index (χ1v) is 4.43. The Bertz CT molecular complexity index is 157. The van der Waals surface area contributed by atoms with Gasteiger partial charge in [0, 0.05) is 0 Å². The maximum atomic E-state index is 5.23. The van der Waals surface area contributed by atoms with Crippen molar-refractivity contribution in [2.45, 2.75) is 20.3 Å². The first-order chi connectivity index (χ1) is 5.88. The molecular weight excluding hydrogens is 148 g/mol. The molecule has 0 aromatic rings. The van der Waals surface area contributed by atoms with Crippen molar-refractivity contribution in [3.05, 3.63) is 36.5 Å². The molecule has 0 amide bonds. The predicted molar refractivity (Wildman–Crippen MR) is 54.2 cm³/mol. The van der Waals surface area contributed by atoms with Gasteiger partial charge in [-0.05, 0) is 17.6 Å². The Morgan fingerprint density at radius 1 is 1.17 bits per heavy atom. The first kappa shape index (κ1) is 11.2. The lowest BCUT2D eigenvalue weighted by molar-refractivity contribution is 0.150. The summed E-state index contributed by atoms with van der Waals surface area (Å²) in [6.45, 7) is 12.9. The van der Waals surface area contributed by atoms with Crippen molar-refractivity contribution < 1.29 is 4.74 Å². The van der Waals surface area contributed by atoms with Gasteiger partial charge in [0.2, 0.25) is 0 Å². The summed E-state index contributed by atoms with van der Waals surface area (Å²) in [5.74, 6) is 0. The van der Waals surface area contributed by atoms with E-state index in [1.807, 2.05) is 26.0 Å². The molecule has 0 spiro atoms. The standard InChI is InChI=1S/C9H12O.C2H6/c1-3-8-5-6-10-7-9(8)4-2;1-2/h3-4H,1-2,5-7H2;1-2H3. The van der Waals surface area contributed by atoms with Crippen LogP contribution in [0.25, 0.3) is 0 Å². The lowest BCUT2D eigenvalue weighted by Gasteiger charge is -2.15. The molecule has 0 fully saturated rings. The lowest BCUT2D eigenvalue weighted by Crippen LogP contribution is -2.08. The summed E-state index contributed by atoms with van der Waals surface area (Å²) in [7, 11) is 0. The van der Waals surface area contributed by atoms with E-state index in [1.54, 1.807) is 0 Å². The molecular formula is C11H18O. The third-order valence-electron chi connectivity index (χ3n) is 1.68. The van der Waals surface area contributed by atoms with Gasteiger partial charge in [-0.1, -0.05) is 39.2 Å². The van der Waals surface area contributed by atoms with Crippen LogP contribution in [0.1, 0.15) is 20.3 Å². The van der Waals surface area contributed by atoms with E-state index in [2.05, 4.69) is 13.2 Å². The zero-order chi connectivity index (χ0) is 9.40. The van der Waals surface area contributed by atoms with Gasteiger partial charge >= 0.3 is 0 Å². The highest BCUT2D eigenvalue weighted by Gasteiger charge is 2.06. The number of hydrogen-bond donors (Lipinski definition) is 0. The molecule has 0 aromatic carbocycles. The molecule has 0 atom stereocenters. The van der Waals surface area contributed by atoms with Gasteiger partial charge in [0.05, 0.1) is 13.2 Å². The molecule has 0 aromatic heterocycles.